The van der Waals surface area contributed by atoms with Gasteiger partial charge in [0.15, 0.2) is 0 Å². The van der Waals surface area contributed by atoms with Gasteiger partial charge in [0.2, 0.25) is 0 Å². The van der Waals surface area contributed by atoms with Crippen LogP contribution in [0.1, 0.15) is 42.1 Å². The van der Waals surface area contributed by atoms with E-state index in [2.05, 4.69) is 32.1 Å². The first-order valence-corrected chi connectivity index (χ1v) is 9.91. The van der Waals surface area contributed by atoms with Crippen LogP contribution in [0.5, 0.6) is 0 Å². The second-order valence-corrected chi connectivity index (χ2v) is 7.72. The molecule has 1 aromatic carbocycles. The number of amides is 1. The van der Waals surface area contributed by atoms with E-state index in [-0.39, 0.29) is 5.91 Å². The minimum Gasteiger partial charge on any atom is -0.378 e. The van der Waals surface area contributed by atoms with Crippen molar-refractivity contribution in [1.82, 2.24) is 19.9 Å². The molecule has 0 aliphatic carbocycles. The summed E-state index contributed by atoms with van der Waals surface area (Å²) in [5.74, 6) is 0.169. The van der Waals surface area contributed by atoms with Crippen LogP contribution in [-0.2, 0) is 4.74 Å². The number of benzene rings is 1. The minimum absolute atomic E-state index is 0.169. The van der Waals surface area contributed by atoms with Gasteiger partial charge in [-0.3, -0.25) is 4.79 Å². The van der Waals surface area contributed by atoms with Crippen molar-refractivity contribution in [3.63, 3.8) is 0 Å². The van der Waals surface area contributed by atoms with Gasteiger partial charge in [-0.05, 0) is 49.9 Å². The summed E-state index contributed by atoms with van der Waals surface area (Å²) in [4.78, 5) is 19.5. The summed E-state index contributed by atoms with van der Waals surface area (Å²) < 4.78 is 5.42. The molecule has 2 bridgehead atoms. The van der Waals surface area contributed by atoms with Gasteiger partial charge in [0.25, 0.3) is 5.91 Å². The number of anilines is 1. The number of hydrogen-bond donors (Lipinski definition) is 0. The smallest absolute Gasteiger partial charge is 0.254 e. The highest BCUT2D eigenvalue weighted by Gasteiger charge is 2.44. The highest BCUT2D eigenvalue weighted by molar-refractivity contribution is 5.95. The molecule has 2 atom stereocenters. The van der Waals surface area contributed by atoms with Crippen molar-refractivity contribution < 1.29 is 9.53 Å². The van der Waals surface area contributed by atoms with Crippen LogP contribution in [0.2, 0.25) is 0 Å². The van der Waals surface area contributed by atoms with Crippen molar-refractivity contribution in [3.05, 3.63) is 42.2 Å². The van der Waals surface area contributed by atoms with Crippen molar-refractivity contribution in [2.45, 2.75) is 43.8 Å². The van der Waals surface area contributed by atoms with Gasteiger partial charge in [0.05, 0.1) is 31.6 Å². The summed E-state index contributed by atoms with van der Waals surface area (Å²) in [6.07, 6.45) is 7.52. The summed E-state index contributed by atoms with van der Waals surface area (Å²) in [6.45, 7) is 3.35. The van der Waals surface area contributed by atoms with E-state index in [0.717, 1.165) is 57.6 Å². The minimum atomic E-state index is 0.169. The first kappa shape index (κ1) is 16.7. The molecule has 2 unspecified atom stereocenters. The van der Waals surface area contributed by atoms with Crippen molar-refractivity contribution in [3.8, 4) is 0 Å². The predicted octanol–water partition coefficient (Wildman–Crippen LogP) is 2.12. The maximum absolute atomic E-state index is 13.2. The third-order valence-corrected chi connectivity index (χ3v) is 6.20. The van der Waals surface area contributed by atoms with Crippen molar-refractivity contribution in [2.75, 3.05) is 31.2 Å². The average molecular weight is 367 g/mol. The van der Waals surface area contributed by atoms with Crippen LogP contribution in [-0.4, -0.2) is 64.2 Å². The molecule has 3 aliphatic heterocycles. The van der Waals surface area contributed by atoms with Crippen LogP contribution in [0.3, 0.4) is 0 Å². The number of nitrogens with zero attached hydrogens (tertiary/aromatic N) is 5. The van der Waals surface area contributed by atoms with Crippen LogP contribution in [0.25, 0.3) is 0 Å². The third-order valence-electron chi connectivity index (χ3n) is 6.20. The molecule has 2 aromatic rings. The fourth-order valence-corrected chi connectivity index (χ4v) is 4.87. The Labute approximate surface area is 158 Å². The number of morpholine rings is 1. The van der Waals surface area contributed by atoms with Gasteiger partial charge in [-0.25, -0.2) is 0 Å². The molecule has 4 heterocycles. The standard InChI is InChI=1S/C20H25N5O2/c26-20(15-1-3-16(4-2-15)23-9-11-27-12-10-23)24-17-5-6-18(24)14-19(13-17)25-21-7-8-22-25/h1-4,7-8,17-19H,5-6,9-14H2. The van der Waals surface area contributed by atoms with E-state index in [1.54, 1.807) is 12.4 Å². The number of carbonyl (C=O) groups excluding carboxylic acids is 1. The first-order valence-electron chi connectivity index (χ1n) is 9.91. The molecule has 3 saturated heterocycles. The molecule has 0 saturated carbocycles. The van der Waals surface area contributed by atoms with Gasteiger partial charge < -0.3 is 14.5 Å². The average Bonchev–Trinajstić information content (AvgIpc) is 3.35. The van der Waals surface area contributed by atoms with E-state index in [0.29, 0.717) is 18.1 Å². The van der Waals surface area contributed by atoms with Crippen LogP contribution in [0.4, 0.5) is 5.69 Å². The number of carbonyl (C=O) groups is 1. The zero-order valence-corrected chi connectivity index (χ0v) is 15.4. The summed E-state index contributed by atoms with van der Waals surface area (Å²) in [6, 6.07) is 9.01. The lowest BCUT2D eigenvalue weighted by Gasteiger charge is -2.38. The Balaban J connectivity index is 1.30. The highest BCUT2D eigenvalue weighted by atomic mass is 16.5. The molecule has 1 amide bonds. The van der Waals surface area contributed by atoms with E-state index in [1.165, 1.54) is 5.69 Å². The Morgan fingerprint density at radius 1 is 0.926 bits per heavy atom. The molecular weight excluding hydrogens is 342 g/mol. The normalized spacial score (nSPS) is 27.8. The number of piperidine rings is 1. The highest BCUT2D eigenvalue weighted by Crippen LogP contribution is 2.41. The number of ether oxygens (including phenoxy) is 1. The molecule has 1 aromatic heterocycles. The molecule has 142 valence electrons. The molecule has 3 fully saturated rings. The second-order valence-electron chi connectivity index (χ2n) is 7.72. The van der Waals surface area contributed by atoms with Gasteiger partial charge in [-0.2, -0.15) is 15.0 Å². The summed E-state index contributed by atoms with van der Waals surface area (Å²) in [5.41, 5.74) is 1.96. The van der Waals surface area contributed by atoms with Crippen molar-refractivity contribution in [1.29, 1.82) is 0 Å². The lowest BCUT2D eigenvalue weighted by atomic mass is 9.96. The topological polar surface area (TPSA) is 63.5 Å². The van der Waals surface area contributed by atoms with E-state index < -0.39 is 0 Å². The molecule has 0 spiro atoms. The Bertz CT molecular complexity index is 771. The molecule has 3 aliphatic rings. The number of fused-ring (bicyclic) bond motifs is 2. The monoisotopic (exact) mass is 367 g/mol. The molecule has 0 radical (unpaired) electrons. The fraction of sp³-hybridized carbons (Fsp3) is 0.550. The SMILES string of the molecule is O=C(c1ccc(N2CCOCC2)cc1)N1C2CCC1CC(n1nccn1)C2. The van der Waals surface area contributed by atoms with E-state index >= 15 is 0 Å². The Kier molecular flexibility index (Phi) is 4.32. The lowest BCUT2D eigenvalue weighted by Crippen LogP contribution is -2.47. The Morgan fingerprint density at radius 2 is 1.56 bits per heavy atom. The quantitative estimate of drug-likeness (QED) is 0.832. The maximum Gasteiger partial charge on any atom is 0.254 e. The number of rotatable bonds is 3. The molecule has 7 heteroatoms. The van der Waals surface area contributed by atoms with Crippen LogP contribution >= 0.6 is 0 Å². The Hall–Kier alpha value is -2.41. The molecule has 27 heavy (non-hydrogen) atoms. The van der Waals surface area contributed by atoms with Gasteiger partial charge in [-0.1, -0.05) is 0 Å². The van der Waals surface area contributed by atoms with Crippen molar-refractivity contribution in [2.24, 2.45) is 0 Å². The molecule has 0 N–H and O–H groups in total. The summed E-state index contributed by atoms with van der Waals surface area (Å²) >= 11 is 0. The van der Waals surface area contributed by atoms with E-state index in [9.17, 15) is 4.79 Å². The summed E-state index contributed by atoms with van der Waals surface area (Å²) in [7, 11) is 0. The number of hydrogen-bond acceptors (Lipinski definition) is 5. The Morgan fingerprint density at radius 3 is 2.19 bits per heavy atom. The predicted molar refractivity (Wildman–Crippen MR) is 101 cm³/mol. The van der Waals surface area contributed by atoms with E-state index in [4.69, 9.17) is 4.74 Å². The maximum atomic E-state index is 13.2. The van der Waals surface area contributed by atoms with Crippen molar-refractivity contribution >= 4 is 11.6 Å². The van der Waals surface area contributed by atoms with Crippen LogP contribution < -0.4 is 4.90 Å². The van der Waals surface area contributed by atoms with Gasteiger partial charge in [-0.15, -0.1) is 0 Å². The van der Waals surface area contributed by atoms with Gasteiger partial charge in [0.1, 0.15) is 0 Å². The second kappa shape index (κ2) is 6.96. The van der Waals surface area contributed by atoms with Gasteiger partial charge >= 0.3 is 0 Å². The van der Waals surface area contributed by atoms with E-state index in [1.807, 2.05) is 16.9 Å². The third kappa shape index (κ3) is 3.10. The molecular formula is C20H25N5O2. The fourth-order valence-electron chi connectivity index (χ4n) is 4.87. The number of aromatic nitrogens is 3. The van der Waals surface area contributed by atoms with Gasteiger partial charge in [0, 0.05) is 36.4 Å². The molecule has 5 rings (SSSR count). The molecule has 7 nitrogen and oxygen atoms in total. The van der Waals surface area contributed by atoms with Crippen LogP contribution in [0.15, 0.2) is 36.7 Å². The zero-order chi connectivity index (χ0) is 18.2. The largest absolute Gasteiger partial charge is 0.378 e. The first-order chi connectivity index (χ1) is 13.3. The van der Waals surface area contributed by atoms with Crippen LogP contribution in [0, 0.1) is 0 Å². The zero-order valence-electron chi connectivity index (χ0n) is 15.4. The summed E-state index contributed by atoms with van der Waals surface area (Å²) in [5, 5.41) is 8.61. The lowest BCUT2D eigenvalue weighted by molar-refractivity contribution is 0.0512.